The van der Waals surface area contributed by atoms with Gasteiger partial charge in [-0.3, -0.25) is 0 Å². The molecule has 0 saturated heterocycles. The van der Waals surface area contributed by atoms with Gasteiger partial charge in [0.25, 0.3) is 0 Å². The van der Waals surface area contributed by atoms with Crippen LogP contribution in [0.2, 0.25) is 0 Å². The Bertz CT molecular complexity index is 138. The summed E-state index contributed by atoms with van der Waals surface area (Å²) >= 11 is 0. The summed E-state index contributed by atoms with van der Waals surface area (Å²) in [5, 5.41) is 8.34. The largest absolute Gasteiger partial charge is 0.478 e. The first kappa shape index (κ1) is 8.01. The molecule has 0 heterocycles. The maximum Gasteiger partial charge on any atom is 0.332 e. The molecule has 1 N–H and O–H groups in total. The molecular formula is C6H11NO2. The highest BCUT2D eigenvalue weighted by molar-refractivity contribution is 5.85. The van der Waals surface area contributed by atoms with Crippen LogP contribution < -0.4 is 0 Å². The lowest BCUT2D eigenvalue weighted by molar-refractivity contribution is -0.132. The Kier molecular flexibility index (Phi) is 2.78. The molecular weight excluding hydrogens is 118 g/mol. The van der Waals surface area contributed by atoms with Crippen molar-refractivity contribution in [2.45, 2.75) is 6.92 Å². The van der Waals surface area contributed by atoms with Crippen molar-refractivity contribution >= 4 is 5.97 Å². The van der Waals surface area contributed by atoms with Gasteiger partial charge >= 0.3 is 5.97 Å². The molecule has 0 aliphatic rings. The topological polar surface area (TPSA) is 40.5 Å². The van der Waals surface area contributed by atoms with Crippen molar-refractivity contribution in [2.75, 3.05) is 14.1 Å². The average Bonchev–Trinajstić information content (AvgIpc) is 1.63. The Morgan fingerprint density at radius 1 is 1.56 bits per heavy atom. The van der Waals surface area contributed by atoms with Crippen LogP contribution in [-0.2, 0) is 4.79 Å². The van der Waals surface area contributed by atoms with E-state index in [0.29, 0.717) is 5.57 Å². The molecule has 0 aliphatic heterocycles. The third-order valence-corrected chi connectivity index (χ3v) is 0.789. The molecule has 0 aromatic heterocycles. The van der Waals surface area contributed by atoms with Gasteiger partial charge in [0.15, 0.2) is 0 Å². The molecule has 3 nitrogen and oxygen atoms in total. The van der Waals surface area contributed by atoms with Crippen LogP contribution in [-0.4, -0.2) is 30.1 Å². The van der Waals surface area contributed by atoms with Crippen molar-refractivity contribution in [2.24, 2.45) is 0 Å². The fraction of sp³-hybridized carbons (Fsp3) is 0.500. The molecule has 0 aromatic rings. The second-order valence-corrected chi connectivity index (χ2v) is 2.08. The lowest BCUT2D eigenvalue weighted by Crippen LogP contribution is -2.06. The molecule has 0 aliphatic carbocycles. The molecule has 0 saturated carbocycles. The number of aliphatic carboxylic acids is 1. The van der Waals surface area contributed by atoms with Crippen molar-refractivity contribution < 1.29 is 9.90 Å². The Morgan fingerprint density at radius 3 is 2.11 bits per heavy atom. The lowest BCUT2D eigenvalue weighted by atomic mass is 10.3. The van der Waals surface area contributed by atoms with Gasteiger partial charge < -0.3 is 10.0 Å². The summed E-state index contributed by atoms with van der Waals surface area (Å²) in [5.41, 5.74) is 0.347. The summed E-state index contributed by atoms with van der Waals surface area (Å²) in [4.78, 5) is 11.8. The Hall–Kier alpha value is -0.990. The summed E-state index contributed by atoms with van der Waals surface area (Å²) in [5.74, 6) is -0.872. The summed E-state index contributed by atoms with van der Waals surface area (Å²) in [6, 6.07) is 0. The molecule has 0 unspecified atom stereocenters. The van der Waals surface area contributed by atoms with Gasteiger partial charge in [-0.15, -0.1) is 0 Å². The maximum absolute atomic E-state index is 10.1. The first-order chi connectivity index (χ1) is 4.04. The first-order valence-corrected chi connectivity index (χ1v) is 2.62. The number of carboxylic acids is 1. The van der Waals surface area contributed by atoms with Gasteiger partial charge in [-0.2, -0.15) is 0 Å². The molecule has 3 heteroatoms. The SMILES string of the molecule is C/C(=C\N(C)C)C(=O)O. The monoisotopic (exact) mass is 129 g/mol. The highest BCUT2D eigenvalue weighted by atomic mass is 16.4. The van der Waals surface area contributed by atoms with Crippen molar-refractivity contribution in [3.8, 4) is 0 Å². The average molecular weight is 129 g/mol. The third-order valence-electron chi connectivity index (χ3n) is 0.789. The van der Waals surface area contributed by atoms with Crippen molar-refractivity contribution in [1.29, 1.82) is 0 Å². The van der Waals surface area contributed by atoms with Crippen LogP contribution in [0.4, 0.5) is 0 Å². The zero-order valence-corrected chi connectivity index (χ0v) is 5.88. The summed E-state index contributed by atoms with van der Waals surface area (Å²) in [6.07, 6.45) is 1.56. The molecule has 9 heavy (non-hydrogen) atoms. The van der Waals surface area contributed by atoms with E-state index in [1.54, 1.807) is 32.1 Å². The van der Waals surface area contributed by atoms with Gasteiger partial charge in [0.05, 0.1) is 0 Å². The van der Waals surface area contributed by atoms with E-state index in [0.717, 1.165) is 0 Å². The summed E-state index contributed by atoms with van der Waals surface area (Å²) in [6.45, 7) is 1.56. The number of carbonyl (C=O) groups is 1. The van der Waals surface area contributed by atoms with Crippen molar-refractivity contribution in [3.63, 3.8) is 0 Å². The number of hydrogen-bond donors (Lipinski definition) is 1. The highest BCUT2D eigenvalue weighted by Crippen LogP contribution is 1.91. The van der Waals surface area contributed by atoms with Gasteiger partial charge in [-0.05, 0) is 6.92 Å². The molecule has 0 bridgehead atoms. The van der Waals surface area contributed by atoms with Crippen LogP contribution in [0.5, 0.6) is 0 Å². The molecule has 0 amide bonds. The van der Waals surface area contributed by atoms with Gasteiger partial charge in [0.2, 0.25) is 0 Å². The van der Waals surface area contributed by atoms with E-state index >= 15 is 0 Å². The van der Waals surface area contributed by atoms with Gasteiger partial charge in [-0.1, -0.05) is 0 Å². The van der Waals surface area contributed by atoms with E-state index in [4.69, 9.17) is 5.11 Å². The van der Waals surface area contributed by atoms with Crippen LogP contribution in [0.3, 0.4) is 0 Å². The van der Waals surface area contributed by atoms with Gasteiger partial charge in [-0.25, -0.2) is 4.79 Å². The second-order valence-electron chi connectivity index (χ2n) is 2.08. The quantitative estimate of drug-likeness (QED) is 0.553. The Balaban J connectivity index is 4.00. The standard InChI is InChI=1S/C6H11NO2/c1-5(6(8)9)4-7(2)3/h4H,1-3H3,(H,8,9)/b5-4+. The molecule has 0 radical (unpaired) electrons. The third kappa shape index (κ3) is 3.58. The van der Waals surface area contributed by atoms with Gasteiger partial charge in [0.1, 0.15) is 0 Å². The Labute approximate surface area is 54.6 Å². The molecule has 52 valence electrons. The molecule has 0 fully saturated rings. The van der Waals surface area contributed by atoms with E-state index in [1.165, 1.54) is 0 Å². The number of nitrogens with zero attached hydrogens (tertiary/aromatic N) is 1. The lowest BCUT2D eigenvalue weighted by Gasteiger charge is -2.03. The van der Waals surface area contributed by atoms with Crippen LogP contribution in [0.25, 0.3) is 0 Å². The minimum Gasteiger partial charge on any atom is -0.478 e. The first-order valence-electron chi connectivity index (χ1n) is 2.62. The molecule has 0 spiro atoms. The molecule has 0 atom stereocenters. The summed E-state index contributed by atoms with van der Waals surface area (Å²) in [7, 11) is 3.57. The maximum atomic E-state index is 10.1. The van der Waals surface area contributed by atoms with Gasteiger partial charge in [0, 0.05) is 25.9 Å². The predicted octanol–water partition coefficient (Wildman–Crippen LogP) is 0.536. The normalized spacial score (nSPS) is 11.2. The Morgan fingerprint density at radius 2 is 2.00 bits per heavy atom. The fourth-order valence-electron chi connectivity index (χ4n) is 0.443. The number of hydrogen-bond acceptors (Lipinski definition) is 2. The number of rotatable bonds is 2. The second kappa shape index (κ2) is 3.12. The van der Waals surface area contributed by atoms with E-state index in [2.05, 4.69) is 0 Å². The fourth-order valence-corrected chi connectivity index (χ4v) is 0.443. The van der Waals surface area contributed by atoms with E-state index in [9.17, 15) is 4.79 Å². The predicted molar refractivity (Wildman–Crippen MR) is 35.1 cm³/mol. The van der Waals surface area contributed by atoms with E-state index < -0.39 is 5.97 Å². The van der Waals surface area contributed by atoms with Crippen molar-refractivity contribution in [1.82, 2.24) is 4.90 Å². The smallest absolute Gasteiger partial charge is 0.332 e. The van der Waals surface area contributed by atoms with Crippen LogP contribution in [0.1, 0.15) is 6.92 Å². The van der Waals surface area contributed by atoms with Crippen molar-refractivity contribution in [3.05, 3.63) is 11.8 Å². The zero-order chi connectivity index (χ0) is 7.44. The molecule has 0 aromatic carbocycles. The molecule has 0 rings (SSSR count). The van der Waals surface area contributed by atoms with E-state index in [-0.39, 0.29) is 0 Å². The summed E-state index contributed by atoms with van der Waals surface area (Å²) < 4.78 is 0. The highest BCUT2D eigenvalue weighted by Gasteiger charge is 1.97. The minimum absolute atomic E-state index is 0.347. The van der Waals surface area contributed by atoms with Crippen LogP contribution in [0, 0.1) is 0 Å². The van der Waals surface area contributed by atoms with E-state index in [1.807, 2.05) is 0 Å². The zero-order valence-electron chi connectivity index (χ0n) is 5.88. The number of carboxylic acid groups (broad SMARTS) is 1. The van der Waals surface area contributed by atoms with Crippen LogP contribution in [0.15, 0.2) is 11.8 Å². The minimum atomic E-state index is -0.872. The van der Waals surface area contributed by atoms with Crippen LogP contribution >= 0.6 is 0 Å².